The number of benzene rings is 3. The molecule has 0 saturated carbocycles. The molecule has 3 heteroatoms. The maximum Gasteiger partial charge on any atom is 0.314 e. The van der Waals surface area contributed by atoms with Gasteiger partial charge >= 0.3 is 5.97 Å². The van der Waals surface area contributed by atoms with Crippen molar-refractivity contribution in [1.82, 2.24) is 0 Å². The van der Waals surface area contributed by atoms with Gasteiger partial charge < -0.3 is 9.84 Å². The Morgan fingerprint density at radius 3 is 2.42 bits per heavy atom. The van der Waals surface area contributed by atoms with E-state index in [0.29, 0.717) is 32.0 Å². The Hall–Kier alpha value is -2.65. The van der Waals surface area contributed by atoms with E-state index in [1.807, 2.05) is 12.1 Å². The van der Waals surface area contributed by atoms with E-state index < -0.39 is 11.4 Å². The van der Waals surface area contributed by atoms with Crippen molar-refractivity contribution in [3.05, 3.63) is 83.4 Å². The molecule has 4 rings (SSSR count). The number of carboxylic acid groups (broad SMARTS) is 1. The molecule has 162 valence electrons. The van der Waals surface area contributed by atoms with Crippen LogP contribution in [0.25, 0.3) is 10.8 Å². The average molecular weight is 417 g/mol. The molecule has 3 nitrogen and oxygen atoms in total. The van der Waals surface area contributed by atoms with Crippen molar-refractivity contribution in [2.45, 2.75) is 56.8 Å². The van der Waals surface area contributed by atoms with Crippen LogP contribution < -0.4 is 0 Å². The topological polar surface area (TPSA) is 46.5 Å². The van der Waals surface area contributed by atoms with Crippen molar-refractivity contribution in [1.29, 1.82) is 0 Å². The second-order valence-electron chi connectivity index (χ2n) is 8.91. The van der Waals surface area contributed by atoms with Crippen LogP contribution >= 0.6 is 0 Å². The Kier molecular flexibility index (Phi) is 6.72. The minimum absolute atomic E-state index is 0.517. The summed E-state index contributed by atoms with van der Waals surface area (Å²) in [7, 11) is 0. The zero-order chi connectivity index (χ0) is 21.7. The van der Waals surface area contributed by atoms with Gasteiger partial charge in [-0.1, -0.05) is 80.1 Å². The Bertz CT molecular complexity index is 1010. The van der Waals surface area contributed by atoms with Gasteiger partial charge in [-0.05, 0) is 65.5 Å². The number of ether oxygens (including phenoxy) is 1. The highest BCUT2D eigenvalue weighted by Crippen LogP contribution is 2.35. The first-order valence-electron chi connectivity index (χ1n) is 11.5. The van der Waals surface area contributed by atoms with Gasteiger partial charge in [0.2, 0.25) is 0 Å². The van der Waals surface area contributed by atoms with Gasteiger partial charge in [0.15, 0.2) is 0 Å². The van der Waals surface area contributed by atoms with Gasteiger partial charge in [0.25, 0.3) is 0 Å². The molecule has 1 aliphatic heterocycles. The van der Waals surface area contributed by atoms with Crippen LogP contribution in [0.3, 0.4) is 0 Å². The number of fused-ring (bicyclic) bond motifs is 1. The van der Waals surface area contributed by atoms with E-state index in [9.17, 15) is 9.90 Å². The van der Waals surface area contributed by atoms with E-state index >= 15 is 0 Å². The molecule has 0 aromatic heterocycles. The number of unbranched alkanes of at least 4 members (excludes halogenated alkanes) is 1. The highest BCUT2D eigenvalue weighted by Gasteiger charge is 2.41. The first-order chi connectivity index (χ1) is 15.1. The highest BCUT2D eigenvalue weighted by molar-refractivity contribution is 5.86. The third kappa shape index (κ3) is 4.67. The first-order valence-corrected chi connectivity index (χ1v) is 11.5. The summed E-state index contributed by atoms with van der Waals surface area (Å²) in [4.78, 5) is 12.0. The number of hydrogen-bond acceptors (Lipinski definition) is 2. The van der Waals surface area contributed by atoms with E-state index in [1.165, 1.54) is 34.7 Å². The fourth-order valence-electron chi connectivity index (χ4n) is 4.95. The molecule has 3 aromatic carbocycles. The van der Waals surface area contributed by atoms with Crippen molar-refractivity contribution in [3.63, 3.8) is 0 Å². The predicted octanol–water partition coefficient (Wildman–Crippen LogP) is 6.49. The number of rotatable bonds is 8. The predicted molar refractivity (Wildman–Crippen MR) is 126 cm³/mol. The van der Waals surface area contributed by atoms with E-state index in [0.717, 1.165) is 18.4 Å². The smallest absolute Gasteiger partial charge is 0.314 e. The second-order valence-corrected chi connectivity index (χ2v) is 8.91. The molecule has 1 saturated heterocycles. The fourth-order valence-corrected chi connectivity index (χ4v) is 4.95. The van der Waals surface area contributed by atoms with Crippen LogP contribution in [-0.2, 0) is 21.4 Å². The van der Waals surface area contributed by atoms with Crippen LogP contribution in [0.4, 0.5) is 0 Å². The zero-order valence-corrected chi connectivity index (χ0v) is 18.3. The lowest BCUT2D eigenvalue weighted by molar-refractivity contribution is -0.147. The summed E-state index contributed by atoms with van der Waals surface area (Å²) in [5.41, 5.74) is 2.86. The van der Waals surface area contributed by atoms with E-state index in [4.69, 9.17) is 4.74 Å². The minimum atomic E-state index is -0.787. The second kappa shape index (κ2) is 9.65. The molecular formula is C28H32O3. The van der Waals surface area contributed by atoms with Crippen LogP contribution in [0.5, 0.6) is 0 Å². The van der Waals surface area contributed by atoms with Crippen LogP contribution in [0.15, 0.2) is 66.7 Å². The van der Waals surface area contributed by atoms with Crippen molar-refractivity contribution in [3.8, 4) is 0 Å². The third-order valence-electron chi connectivity index (χ3n) is 6.97. The summed E-state index contributed by atoms with van der Waals surface area (Å²) in [5, 5.41) is 12.5. The molecule has 3 aromatic rings. The van der Waals surface area contributed by atoms with Crippen LogP contribution in [0, 0.1) is 0 Å². The number of aliphatic carboxylic acids is 1. The Labute approximate surface area is 185 Å². The maximum absolute atomic E-state index is 12.0. The molecule has 0 aliphatic carbocycles. The summed E-state index contributed by atoms with van der Waals surface area (Å²) in [5.74, 6) is -0.191. The number of aryl methyl sites for hydroxylation is 1. The number of carboxylic acids is 1. The quantitative estimate of drug-likeness (QED) is 0.427. The zero-order valence-electron chi connectivity index (χ0n) is 18.3. The van der Waals surface area contributed by atoms with E-state index in [-0.39, 0.29) is 0 Å². The van der Waals surface area contributed by atoms with Gasteiger partial charge in [0.05, 0.1) is 5.41 Å². The summed E-state index contributed by atoms with van der Waals surface area (Å²) >= 11 is 0. The van der Waals surface area contributed by atoms with Gasteiger partial charge in [-0.25, -0.2) is 0 Å². The summed E-state index contributed by atoms with van der Waals surface area (Å²) in [6.07, 6.45) is 5.64. The van der Waals surface area contributed by atoms with Crippen LogP contribution in [-0.4, -0.2) is 24.3 Å². The molecule has 1 N–H and O–H groups in total. The largest absolute Gasteiger partial charge is 0.481 e. The molecule has 1 fully saturated rings. The van der Waals surface area contributed by atoms with E-state index in [1.54, 1.807) is 0 Å². The van der Waals surface area contributed by atoms with Crippen LogP contribution in [0.2, 0.25) is 0 Å². The lowest BCUT2D eigenvalue weighted by atomic mass is 9.74. The van der Waals surface area contributed by atoms with E-state index in [2.05, 4.69) is 61.5 Å². The Balaban J connectivity index is 1.32. The van der Waals surface area contributed by atoms with Crippen molar-refractivity contribution < 1.29 is 14.6 Å². The molecule has 0 unspecified atom stereocenters. The summed E-state index contributed by atoms with van der Waals surface area (Å²) in [6, 6.07) is 23.5. The summed E-state index contributed by atoms with van der Waals surface area (Å²) in [6.45, 7) is 3.36. The molecule has 0 radical (unpaired) electrons. The first kappa shape index (κ1) is 21.6. The number of hydrogen-bond donors (Lipinski definition) is 1. The molecule has 1 atom stereocenters. The van der Waals surface area contributed by atoms with Gasteiger partial charge in [-0.3, -0.25) is 4.79 Å². The monoisotopic (exact) mass is 416 g/mol. The van der Waals surface area contributed by atoms with Crippen molar-refractivity contribution >= 4 is 16.7 Å². The normalized spacial score (nSPS) is 16.8. The van der Waals surface area contributed by atoms with Crippen molar-refractivity contribution in [2.75, 3.05) is 13.2 Å². The van der Waals surface area contributed by atoms with Gasteiger partial charge in [0.1, 0.15) is 0 Å². The van der Waals surface area contributed by atoms with Crippen molar-refractivity contribution in [2.24, 2.45) is 0 Å². The SMILES string of the molecule is C[C@@H](CCCCc1ccc(C2(C(=O)O)CCOCC2)cc1)c1cccc2ccccc12. The lowest BCUT2D eigenvalue weighted by Gasteiger charge is -2.33. The minimum Gasteiger partial charge on any atom is -0.481 e. The van der Waals surface area contributed by atoms with Gasteiger partial charge in [-0.2, -0.15) is 0 Å². The third-order valence-corrected chi connectivity index (χ3v) is 6.97. The Morgan fingerprint density at radius 1 is 0.968 bits per heavy atom. The molecule has 1 aliphatic rings. The molecular weight excluding hydrogens is 384 g/mol. The van der Waals surface area contributed by atoms with Gasteiger partial charge in [0, 0.05) is 13.2 Å². The standard InChI is InChI=1S/C28H32O3/c1-21(25-12-6-10-23-9-4-5-11-26(23)25)7-2-3-8-22-13-15-24(16-14-22)28(27(29)30)17-19-31-20-18-28/h4-6,9-16,21H,2-3,7-8,17-20H2,1H3,(H,29,30)/t21-/m0/s1. The molecule has 0 spiro atoms. The molecule has 0 bridgehead atoms. The van der Waals surface area contributed by atoms with Gasteiger partial charge in [-0.15, -0.1) is 0 Å². The van der Waals surface area contributed by atoms with Crippen LogP contribution in [0.1, 0.15) is 61.6 Å². The number of carbonyl (C=O) groups is 1. The fraction of sp³-hybridized carbons (Fsp3) is 0.393. The molecule has 0 amide bonds. The Morgan fingerprint density at radius 2 is 1.68 bits per heavy atom. The average Bonchev–Trinajstić information content (AvgIpc) is 2.82. The maximum atomic E-state index is 12.0. The molecule has 1 heterocycles. The summed E-state index contributed by atoms with van der Waals surface area (Å²) < 4.78 is 5.40. The highest BCUT2D eigenvalue weighted by atomic mass is 16.5. The molecule has 31 heavy (non-hydrogen) atoms. The lowest BCUT2D eigenvalue weighted by Crippen LogP contribution is -2.41.